The number of hydrogen-bond acceptors (Lipinski definition) is 7. The Morgan fingerprint density at radius 1 is 1.22 bits per heavy atom. The van der Waals surface area contributed by atoms with E-state index in [1.165, 1.54) is 5.56 Å². The molecular weight excluding hydrogens is 340 g/mol. The lowest BCUT2D eigenvalue weighted by atomic mass is 9.95. The number of pyridine rings is 1. The Morgan fingerprint density at radius 3 is 2.81 bits per heavy atom. The van der Waals surface area contributed by atoms with Crippen LogP contribution in [0.1, 0.15) is 30.1 Å². The van der Waals surface area contributed by atoms with E-state index in [9.17, 15) is 0 Å². The van der Waals surface area contributed by atoms with Gasteiger partial charge in [-0.2, -0.15) is 9.97 Å². The smallest absolute Gasteiger partial charge is 0.223 e. The summed E-state index contributed by atoms with van der Waals surface area (Å²) in [6.07, 6.45) is 9.71. The first kappa shape index (κ1) is 17.3. The third kappa shape index (κ3) is 3.84. The molecule has 1 aliphatic rings. The van der Waals surface area contributed by atoms with Gasteiger partial charge in [-0.05, 0) is 24.5 Å². The Morgan fingerprint density at radius 2 is 2.07 bits per heavy atom. The van der Waals surface area contributed by atoms with Crippen LogP contribution in [-0.2, 0) is 6.54 Å². The normalized spacial score (nSPS) is 15.1. The Hall–Kier alpha value is -3.16. The van der Waals surface area contributed by atoms with Gasteiger partial charge in [0.25, 0.3) is 0 Å². The summed E-state index contributed by atoms with van der Waals surface area (Å²) in [5.74, 6) is 3.51. The van der Waals surface area contributed by atoms with Crippen molar-refractivity contribution in [1.82, 2.24) is 24.5 Å². The molecule has 4 rings (SSSR count). The van der Waals surface area contributed by atoms with Crippen LogP contribution in [0.15, 0.2) is 43.0 Å². The first-order valence-corrected chi connectivity index (χ1v) is 9.20. The molecule has 27 heavy (non-hydrogen) atoms. The van der Waals surface area contributed by atoms with Gasteiger partial charge in [-0.15, -0.1) is 0 Å². The van der Waals surface area contributed by atoms with E-state index in [0.717, 1.165) is 49.9 Å². The molecule has 3 aromatic rings. The van der Waals surface area contributed by atoms with Crippen molar-refractivity contribution < 1.29 is 0 Å². The van der Waals surface area contributed by atoms with Gasteiger partial charge in [0.2, 0.25) is 5.95 Å². The van der Waals surface area contributed by atoms with Gasteiger partial charge in [0, 0.05) is 56.9 Å². The Labute approximate surface area is 158 Å². The molecule has 1 aliphatic heterocycles. The number of nitrogens with zero attached hydrogens (tertiary/aromatic N) is 6. The summed E-state index contributed by atoms with van der Waals surface area (Å²) in [6, 6.07) is 6.01. The van der Waals surface area contributed by atoms with Gasteiger partial charge < -0.3 is 20.5 Å². The Balaban J connectivity index is 1.44. The van der Waals surface area contributed by atoms with E-state index in [2.05, 4.69) is 47.0 Å². The summed E-state index contributed by atoms with van der Waals surface area (Å²) in [4.78, 5) is 19.7. The standard InChI is InChI=1S/C19H24N8/c1-21-16-11-17(25-19(20)24-16)26-8-4-15(5-9-26)18-23-7-10-27(18)13-14-3-2-6-22-12-14/h2-3,6-7,10-12,15H,4-5,8-9,13H2,1H3,(H3,20,21,24,25). The molecule has 0 unspecified atom stereocenters. The van der Waals surface area contributed by atoms with Crippen LogP contribution < -0.4 is 16.0 Å². The average molecular weight is 364 g/mol. The van der Waals surface area contributed by atoms with Gasteiger partial charge in [-0.3, -0.25) is 4.98 Å². The minimum Gasteiger partial charge on any atom is -0.373 e. The van der Waals surface area contributed by atoms with E-state index in [1.54, 1.807) is 6.20 Å². The van der Waals surface area contributed by atoms with Crippen LogP contribution in [-0.4, -0.2) is 44.6 Å². The highest BCUT2D eigenvalue weighted by Crippen LogP contribution is 2.30. The SMILES string of the molecule is CNc1cc(N2CCC(c3nccn3Cc3cccnc3)CC2)nc(N)n1. The van der Waals surface area contributed by atoms with Crippen LogP contribution in [0.5, 0.6) is 0 Å². The van der Waals surface area contributed by atoms with Gasteiger partial charge in [0.15, 0.2) is 0 Å². The Kier molecular flexibility index (Phi) is 4.86. The van der Waals surface area contributed by atoms with Crippen molar-refractivity contribution in [2.24, 2.45) is 0 Å². The molecule has 0 spiro atoms. The van der Waals surface area contributed by atoms with Crippen LogP contribution in [0.25, 0.3) is 0 Å². The number of imidazole rings is 1. The number of nitrogen functional groups attached to an aromatic ring is 1. The van der Waals surface area contributed by atoms with Crippen LogP contribution >= 0.6 is 0 Å². The molecule has 4 heterocycles. The topological polar surface area (TPSA) is 97.8 Å². The van der Waals surface area contributed by atoms with Crippen molar-refractivity contribution >= 4 is 17.6 Å². The molecular formula is C19H24N8. The second-order valence-corrected chi connectivity index (χ2v) is 6.76. The third-order valence-electron chi connectivity index (χ3n) is 4.99. The van der Waals surface area contributed by atoms with E-state index in [-0.39, 0.29) is 0 Å². The fraction of sp³-hybridized carbons (Fsp3) is 0.368. The predicted octanol–water partition coefficient (Wildman–Crippen LogP) is 2.12. The molecule has 1 saturated heterocycles. The minimum atomic E-state index is 0.297. The molecule has 0 aromatic carbocycles. The first-order chi connectivity index (χ1) is 13.2. The van der Waals surface area contributed by atoms with E-state index in [1.807, 2.05) is 31.6 Å². The monoisotopic (exact) mass is 364 g/mol. The van der Waals surface area contributed by atoms with Crippen molar-refractivity contribution in [2.75, 3.05) is 36.1 Å². The van der Waals surface area contributed by atoms with Crippen LogP contribution in [0.2, 0.25) is 0 Å². The van der Waals surface area contributed by atoms with E-state index >= 15 is 0 Å². The third-order valence-corrected chi connectivity index (χ3v) is 4.99. The molecule has 8 heteroatoms. The van der Waals surface area contributed by atoms with Gasteiger partial charge in [0.05, 0.1) is 6.54 Å². The molecule has 1 fully saturated rings. The van der Waals surface area contributed by atoms with Crippen LogP contribution in [0.4, 0.5) is 17.6 Å². The summed E-state index contributed by atoms with van der Waals surface area (Å²) < 4.78 is 2.24. The summed E-state index contributed by atoms with van der Waals surface area (Å²) in [5, 5.41) is 3.03. The highest BCUT2D eigenvalue weighted by molar-refractivity contribution is 5.52. The fourth-order valence-corrected chi connectivity index (χ4v) is 3.61. The lowest BCUT2D eigenvalue weighted by Crippen LogP contribution is -2.34. The molecule has 0 aliphatic carbocycles. The van der Waals surface area contributed by atoms with Gasteiger partial charge >= 0.3 is 0 Å². The number of nitrogens with two attached hydrogens (primary N) is 1. The van der Waals surface area contributed by atoms with E-state index in [0.29, 0.717) is 11.9 Å². The maximum Gasteiger partial charge on any atom is 0.223 e. The molecule has 3 N–H and O–H groups in total. The maximum atomic E-state index is 5.83. The lowest BCUT2D eigenvalue weighted by molar-refractivity contribution is 0.468. The highest BCUT2D eigenvalue weighted by atomic mass is 15.2. The summed E-state index contributed by atoms with van der Waals surface area (Å²) >= 11 is 0. The van der Waals surface area contributed by atoms with Crippen molar-refractivity contribution in [1.29, 1.82) is 0 Å². The maximum absolute atomic E-state index is 5.83. The molecule has 0 saturated carbocycles. The van der Waals surface area contributed by atoms with Crippen molar-refractivity contribution in [3.8, 4) is 0 Å². The minimum absolute atomic E-state index is 0.297. The molecule has 140 valence electrons. The second kappa shape index (κ2) is 7.61. The van der Waals surface area contributed by atoms with Gasteiger partial charge in [-0.25, -0.2) is 4.98 Å². The molecule has 0 atom stereocenters. The zero-order valence-corrected chi connectivity index (χ0v) is 15.4. The van der Waals surface area contributed by atoms with Gasteiger partial charge in [0.1, 0.15) is 17.5 Å². The molecule has 0 amide bonds. The molecule has 0 radical (unpaired) electrons. The van der Waals surface area contributed by atoms with Crippen molar-refractivity contribution in [3.05, 3.63) is 54.4 Å². The molecule has 3 aromatic heterocycles. The van der Waals surface area contributed by atoms with Gasteiger partial charge in [-0.1, -0.05) is 6.07 Å². The van der Waals surface area contributed by atoms with Crippen LogP contribution in [0, 0.1) is 0 Å². The summed E-state index contributed by atoms with van der Waals surface area (Å²) in [5.41, 5.74) is 7.02. The summed E-state index contributed by atoms with van der Waals surface area (Å²) in [6.45, 7) is 2.64. The van der Waals surface area contributed by atoms with Crippen molar-refractivity contribution in [2.45, 2.75) is 25.3 Å². The summed E-state index contributed by atoms with van der Waals surface area (Å²) in [7, 11) is 1.83. The zero-order chi connectivity index (χ0) is 18.6. The van der Waals surface area contributed by atoms with Crippen LogP contribution in [0.3, 0.4) is 0 Å². The average Bonchev–Trinajstić information content (AvgIpc) is 3.16. The number of nitrogens with one attached hydrogen (secondary N) is 1. The second-order valence-electron chi connectivity index (χ2n) is 6.76. The number of piperidine rings is 1. The molecule has 0 bridgehead atoms. The number of aromatic nitrogens is 5. The zero-order valence-electron chi connectivity index (χ0n) is 15.4. The number of hydrogen-bond donors (Lipinski definition) is 2. The number of anilines is 3. The largest absolute Gasteiger partial charge is 0.373 e. The predicted molar refractivity (Wildman–Crippen MR) is 106 cm³/mol. The lowest BCUT2D eigenvalue weighted by Gasteiger charge is -2.32. The molecule has 8 nitrogen and oxygen atoms in total. The van der Waals surface area contributed by atoms with E-state index < -0.39 is 0 Å². The van der Waals surface area contributed by atoms with Crippen molar-refractivity contribution in [3.63, 3.8) is 0 Å². The Bertz CT molecular complexity index is 884. The fourth-order valence-electron chi connectivity index (χ4n) is 3.61. The number of rotatable bonds is 5. The van der Waals surface area contributed by atoms with E-state index in [4.69, 9.17) is 5.73 Å². The first-order valence-electron chi connectivity index (χ1n) is 9.20. The highest BCUT2D eigenvalue weighted by Gasteiger charge is 2.25. The quantitative estimate of drug-likeness (QED) is 0.715.